The molecule has 3 saturated heterocycles. The first-order valence-corrected chi connectivity index (χ1v) is 23.9. The number of carbonyl (C=O) groups excluding carboxylic acids is 4. The summed E-state index contributed by atoms with van der Waals surface area (Å²) in [4.78, 5) is 72.6. The molecule has 2 unspecified atom stereocenters. The van der Waals surface area contributed by atoms with Crippen molar-refractivity contribution in [1.29, 1.82) is 0 Å². The zero-order valence-corrected chi connectivity index (χ0v) is 40.0. The molecule has 8 rings (SSSR count). The summed E-state index contributed by atoms with van der Waals surface area (Å²) in [5.41, 5.74) is 6.42. The molecule has 3 fully saturated rings. The maximum absolute atomic E-state index is 14.7. The standard InChI is InChI=1S/C48H65N9O7S/c1-10-55-37-15-14-30-21-33(37)34(42(55)32-13-11-18-49-40(32)29(4)63-9)23-47(5,6)27-64-45(60)48(62)17-12-19-57(52-48)44(59)35(22-39-50-36(30)26-65-39)51-43(58)41(28(2)3)54(8)46(61)56-24-31-16-20-53(7)25-38(31)56/h11,13-15,18,21,26,28-29,31,35,38,41,52,62H,10,12,16-17,19-20,22-25,27H2,1-9H3,(H,51,58)/t29-,31?,35-,38?,41-,48-/m0/s1. The number of likely N-dealkylation sites (N-methyl/N-ethyl adjacent to an activating group) is 2. The van der Waals surface area contributed by atoms with E-state index < -0.39 is 41.0 Å². The average Bonchev–Trinajstić information content (AvgIpc) is 3.86. The largest absolute Gasteiger partial charge is 0.462 e. The molecule has 17 heteroatoms. The number of esters is 1. The smallest absolute Gasteiger partial charge is 0.355 e. The number of pyridine rings is 1. The highest BCUT2D eigenvalue weighted by Crippen LogP contribution is 2.42. The first-order valence-electron chi connectivity index (χ1n) is 23.0. The van der Waals surface area contributed by atoms with Gasteiger partial charge in [-0.05, 0) is 88.4 Å². The van der Waals surface area contributed by atoms with Crippen LogP contribution < -0.4 is 10.7 Å². The molecule has 0 spiro atoms. The van der Waals surface area contributed by atoms with Gasteiger partial charge in [-0.15, -0.1) is 11.3 Å². The van der Waals surface area contributed by atoms with Crippen LogP contribution in [0.15, 0.2) is 41.9 Å². The predicted molar refractivity (Wildman–Crippen MR) is 248 cm³/mol. The average molecular weight is 912 g/mol. The number of nitrogens with one attached hydrogen (secondary N) is 2. The molecule has 0 saturated carbocycles. The van der Waals surface area contributed by atoms with Gasteiger partial charge in [0.15, 0.2) is 0 Å². The maximum atomic E-state index is 14.7. The van der Waals surface area contributed by atoms with Gasteiger partial charge in [-0.2, -0.15) is 5.43 Å². The fraction of sp³-hybridized carbons (Fsp3) is 0.583. The second-order valence-electron chi connectivity index (χ2n) is 19.6. The Bertz CT molecular complexity index is 2450. The maximum Gasteiger partial charge on any atom is 0.355 e. The topological polar surface area (TPSA) is 175 Å². The molecule has 16 nitrogen and oxygen atoms in total. The number of thiazole rings is 1. The number of nitrogens with zero attached hydrogens (tertiary/aromatic N) is 7. The van der Waals surface area contributed by atoms with Crippen LogP contribution >= 0.6 is 11.3 Å². The normalized spacial score (nSPS) is 24.8. The lowest BCUT2D eigenvalue weighted by Crippen LogP contribution is -2.69. The summed E-state index contributed by atoms with van der Waals surface area (Å²) in [5, 5.41) is 19.7. The van der Waals surface area contributed by atoms with Crippen molar-refractivity contribution in [2.45, 2.75) is 110 Å². The highest BCUT2D eigenvalue weighted by Gasteiger charge is 2.48. The number of amides is 4. The molecule has 0 aliphatic carbocycles. The Morgan fingerprint density at radius 1 is 1.15 bits per heavy atom. The summed E-state index contributed by atoms with van der Waals surface area (Å²) < 4.78 is 14.1. The quantitative estimate of drug-likeness (QED) is 0.198. The second-order valence-corrected chi connectivity index (χ2v) is 20.5. The number of hydrazine groups is 1. The molecule has 1 aromatic carbocycles. The van der Waals surface area contributed by atoms with Crippen LogP contribution in [0, 0.1) is 17.3 Å². The van der Waals surface area contributed by atoms with Crippen LogP contribution in [0.5, 0.6) is 0 Å². The zero-order valence-electron chi connectivity index (χ0n) is 39.2. The van der Waals surface area contributed by atoms with Crippen molar-refractivity contribution in [3.63, 3.8) is 0 Å². The molecule has 6 bridgehead atoms. The third-order valence-electron chi connectivity index (χ3n) is 13.9. The number of carbonyl (C=O) groups is 4. The van der Waals surface area contributed by atoms with Crippen LogP contribution in [0.25, 0.3) is 33.4 Å². The van der Waals surface area contributed by atoms with Crippen LogP contribution in [0.3, 0.4) is 0 Å². The Hall–Kier alpha value is -4.94. The molecule has 4 aromatic rings. The van der Waals surface area contributed by atoms with E-state index in [1.165, 1.54) is 21.2 Å². The zero-order chi connectivity index (χ0) is 46.5. The van der Waals surface area contributed by atoms with Crippen LogP contribution in [0.2, 0.25) is 0 Å². The minimum atomic E-state index is -2.20. The van der Waals surface area contributed by atoms with Gasteiger partial charge in [0.1, 0.15) is 12.1 Å². The van der Waals surface area contributed by atoms with E-state index >= 15 is 0 Å². The molecule has 4 aliphatic rings. The van der Waals surface area contributed by atoms with Crippen molar-refractivity contribution >= 4 is 46.1 Å². The van der Waals surface area contributed by atoms with Gasteiger partial charge in [0.2, 0.25) is 11.6 Å². The molecular formula is C48H65N9O7S. The lowest BCUT2D eigenvalue weighted by molar-refractivity contribution is -0.189. The number of aliphatic hydroxyl groups is 1. The van der Waals surface area contributed by atoms with Gasteiger partial charge >= 0.3 is 12.0 Å². The fourth-order valence-corrected chi connectivity index (χ4v) is 11.1. The van der Waals surface area contributed by atoms with Crippen molar-refractivity contribution in [2.24, 2.45) is 17.3 Å². The summed E-state index contributed by atoms with van der Waals surface area (Å²) in [5.74, 6) is -1.76. The highest BCUT2D eigenvalue weighted by atomic mass is 32.1. The third-order valence-corrected chi connectivity index (χ3v) is 14.7. The SMILES string of the molecule is CCn1c(-c2cccnc2[C@H](C)OC)c2c3cc(ccc31)-c1csc(n1)C[C@H](NC(=O)[C@H](C(C)C)N(C)C(=O)N1CC3CCN(C)CC31)C(=O)N1CCC[C@@](O)(N1)C(=O)OCC(C)(C)C2. The van der Waals surface area contributed by atoms with Gasteiger partial charge in [-0.3, -0.25) is 19.6 Å². The van der Waals surface area contributed by atoms with Gasteiger partial charge in [-0.25, -0.2) is 14.6 Å². The molecule has 3 aromatic heterocycles. The third kappa shape index (κ3) is 9.01. The summed E-state index contributed by atoms with van der Waals surface area (Å²) in [6.07, 6.45) is 3.37. The van der Waals surface area contributed by atoms with Gasteiger partial charge in [-0.1, -0.05) is 33.8 Å². The Labute approximate surface area is 385 Å². The van der Waals surface area contributed by atoms with Crippen molar-refractivity contribution in [1.82, 2.24) is 45.0 Å². The minimum Gasteiger partial charge on any atom is -0.462 e. The molecule has 4 amide bonds. The molecular weight excluding hydrogens is 847 g/mol. The lowest BCUT2D eigenvalue weighted by Gasteiger charge is -2.54. The second kappa shape index (κ2) is 18.4. The molecule has 3 N–H and O–H groups in total. The first kappa shape index (κ1) is 46.6. The molecule has 6 atom stereocenters. The number of urea groups is 1. The van der Waals surface area contributed by atoms with E-state index in [4.69, 9.17) is 19.4 Å². The molecule has 350 valence electrons. The number of methoxy groups -OCH3 is 1. The molecule has 4 aliphatic heterocycles. The number of piperidine rings is 1. The van der Waals surface area contributed by atoms with Gasteiger partial charge < -0.3 is 39.2 Å². The van der Waals surface area contributed by atoms with E-state index in [1.807, 2.05) is 51.0 Å². The number of aromatic nitrogens is 3. The Morgan fingerprint density at radius 2 is 1.94 bits per heavy atom. The van der Waals surface area contributed by atoms with E-state index in [1.54, 1.807) is 20.4 Å². The number of benzene rings is 1. The highest BCUT2D eigenvalue weighted by molar-refractivity contribution is 7.10. The monoisotopic (exact) mass is 911 g/mol. The molecule has 0 radical (unpaired) electrons. The van der Waals surface area contributed by atoms with Crippen LogP contribution in [0.1, 0.15) is 83.2 Å². The minimum absolute atomic E-state index is 0.0117. The first-order chi connectivity index (χ1) is 30.9. The van der Waals surface area contributed by atoms with Crippen LogP contribution in [-0.4, -0.2) is 141 Å². The summed E-state index contributed by atoms with van der Waals surface area (Å²) in [6, 6.07) is 8.17. The van der Waals surface area contributed by atoms with Crippen molar-refractivity contribution in [3.05, 3.63) is 58.2 Å². The van der Waals surface area contributed by atoms with Crippen molar-refractivity contribution < 1.29 is 33.8 Å². The Balaban J connectivity index is 1.17. The number of aryl methyl sites for hydroxylation is 1. The van der Waals surface area contributed by atoms with E-state index in [-0.39, 0.29) is 50.1 Å². The van der Waals surface area contributed by atoms with Gasteiger partial charge in [0, 0.05) is 92.2 Å². The predicted octanol–water partition coefficient (Wildman–Crippen LogP) is 5.23. The number of likely N-dealkylation sites (tertiary alicyclic amines) is 2. The van der Waals surface area contributed by atoms with Crippen molar-refractivity contribution in [2.75, 3.05) is 54.0 Å². The summed E-state index contributed by atoms with van der Waals surface area (Å²) in [7, 11) is 5.39. The summed E-state index contributed by atoms with van der Waals surface area (Å²) >= 11 is 1.39. The number of rotatable bonds is 8. The van der Waals surface area contributed by atoms with Gasteiger partial charge in [0.05, 0.1) is 40.8 Å². The van der Waals surface area contributed by atoms with Crippen LogP contribution in [-0.2, 0) is 43.2 Å². The van der Waals surface area contributed by atoms with E-state index in [0.717, 1.165) is 64.2 Å². The molecule has 7 heterocycles. The molecule has 65 heavy (non-hydrogen) atoms. The Kier molecular flexibility index (Phi) is 13.2. The number of ether oxygens (including phenoxy) is 2. The van der Waals surface area contributed by atoms with Gasteiger partial charge in [0.25, 0.3) is 5.91 Å². The lowest BCUT2D eigenvalue weighted by atomic mass is 9.82. The van der Waals surface area contributed by atoms with E-state index in [9.17, 15) is 24.3 Å². The Morgan fingerprint density at radius 3 is 2.68 bits per heavy atom. The number of hydrogen-bond donors (Lipinski definition) is 3. The number of cyclic esters (lactones) is 1. The summed E-state index contributed by atoms with van der Waals surface area (Å²) in [6.45, 7) is 15.2. The number of hydrogen-bond acceptors (Lipinski definition) is 12. The fourth-order valence-electron chi connectivity index (χ4n) is 10.3. The van der Waals surface area contributed by atoms with Crippen molar-refractivity contribution in [3.8, 4) is 22.5 Å². The van der Waals surface area contributed by atoms with E-state index in [2.05, 4.69) is 58.4 Å². The van der Waals surface area contributed by atoms with Crippen LogP contribution in [0.4, 0.5) is 4.79 Å². The number of fused-ring (bicyclic) bond motifs is 7. The van der Waals surface area contributed by atoms with E-state index in [0.29, 0.717) is 36.9 Å².